The van der Waals surface area contributed by atoms with Crippen molar-refractivity contribution in [2.24, 2.45) is 0 Å². The van der Waals surface area contributed by atoms with E-state index in [1.807, 2.05) is 0 Å². The van der Waals surface area contributed by atoms with Crippen molar-refractivity contribution < 1.29 is 0 Å². The number of hydrogen-bond acceptors (Lipinski definition) is 3. The fourth-order valence-corrected chi connectivity index (χ4v) is 2.71. The van der Waals surface area contributed by atoms with E-state index in [-0.39, 0.29) is 0 Å². The number of piperazine rings is 1. The van der Waals surface area contributed by atoms with E-state index in [2.05, 4.69) is 67.3 Å². The van der Waals surface area contributed by atoms with Crippen LogP contribution in [0.5, 0.6) is 0 Å². The molecule has 1 aliphatic rings. The Hall–Kier alpha value is -0.900. The summed E-state index contributed by atoms with van der Waals surface area (Å²) in [5.74, 6) is 0. The highest BCUT2D eigenvalue weighted by atomic mass is 15.3. The predicted molar refractivity (Wildman–Crippen MR) is 81.5 cm³/mol. The number of aryl methyl sites for hydroxylation is 1. The molecule has 3 heteroatoms. The average Bonchev–Trinajstić information content (AvgIpc) is 2.41. The Morgan fingerprint density at radius 2 is 1.95 bits per heavy atom. The van der Waals surface area contributed by atoms with Crippen LogP contribution >= 0.6 is 0 Å². The molecule has 2 rings (SSSR count). The Labute approximate surface area is 117 Å². The van der Waals surface area contributed by atoms with Gasteiger partial charge in [0.1, 0.15) is 0 Å². The van der Waals surface area contributed by atoms with Crippen molar-refractivity contribution >= 4 is 0 Å². The molecule has 19 heavy (non-hydrogen) atoms. The van der Waals surface area contributed by atoms with Gasteiger partial charge in [0.2, 0.25) is 0 Å². The van der Waals surface area contributed by atoms with Gasteiger partial charge in [0.05, 0.1) is 0 Å². The van der Waals surface area contributed by atoms with Crippen LogP contribution < -0.4 is 5.32 Å². The first-order chi connectivity index (χ1) is 9.10. The Kier molecular flexibility index (Phi) is 4.97. The van der Waals surface area contributed by atoms with Crippen molar-refractivity contribution in [1.29, 1.82) is 0 Å². The number of benzene rings is 1. The molecule has 0 aromatic heterocycles. The minimum atomic E-state index is 0.427. The largest absolute Gasteiger partial charge is 0.312 e. The first-order valence-electron chi connectivity index (χ1n) is 7.26. The predicted octanol–water partition coefficient (Wildman–Crippen LogP) is 1.89. The second-order valence-corrected chi connectivity index (χ2v) is 5.84. The molecular weight excluding hydrogens is 234 g/mol. The number of nitrogens with one attached hydrogen (secondary N) is 1. The second-order valence-electron chi connectivity index (χ2n) is 5.84. The van der Waals surface area contributed by atoms with Crippen molar-refractivity contribution in [3.05, 3.63) is 35.4 Å². The number of nitrogens with zero attached hydrogens (tertiary/aromatic N) is 2. The molecule has 0 aliphatic carbocycles. The van der Waals surface area contributed by atoms with Crippen LogP contribution in [0.2, 0.25) is 0 Å². The quantitative estimate of drug-likeness (QED) is 0.893. The Morgan fingerprint density at radius 3 is 2.53 bits per heavy atom. The van der Waals surface area contributed by atoms with E-state index in [4.69, 9.17) is 0 Å². The lowest BCUT2D eigenvalue weighted by atomic mass is 10.0. The minimum Gasteiger partial charge on any atom is -0.312 e. The van der Waals surface area contributed by atoms with Crippen molar-refractivity contribution in [3.63, 3.8) is 0 Å². The first kappa shape index (κ1) is 14.5. The fraction of sp³-hybridized carbons (Fsp3) is 0.625. The van der Waals surface area contributed by atoms with Gasteiger partial charge in [0.25, 0.3) is 0 Å². The maximum atomic E-state index is 3.46. The van der Waals surface area contributed by atoms with Gasteiger partial charge >= 0.3 is 0 Å². The molecule has 1 aromatic carbocycles. The van der Waals surface area contributed by atoms with Gasteiger partial charge in [-0.05, 0) is 33.5 Å². The fourth-order valence-electron chi connectivity index (χ4n) is 2.71. The third-order valence-corrected chi connectivity index (χ3v) is 4.31. The van der Waals surface area contributed by atoms with Crippen LogP contribution in [-0.4, -0.2) is 56.1 Å². The minimum absolute atomic E-state index is 0.427. The molecule has 3 nitrogen and oxygen atoms in total. The van der Waals surface area contributed by atoms with Crippen molar-refractivity contribution in [1.82, 2.24) is 15.1 Å². The summed E-state index contributed by atoms with van der Waals surface area (Å²) in [4.78, 5) is 5.02. The number of hydrogen-bond donors (Lipinski definition) is 1. The van der Waals surface area contributed by atoms with E-state index in [1.54, 1.807) is 0 Å². The van der Waals surface area contributed by atoms with Gasteiger partial charge in [-0.2, -0.15) is 0 Å². The average molecular weight is 261 g/mol. The van der Waals surface area contributed by atoms with Crippen LogP contribution in [0.3, 0.4) is 0 Å². The van der Waals surface area contributed by atoms with Crippen LogP contribution in [0, 0.1) is 6.92 Å². The molecular formula is C16H27N3. The third-order valence-electron chi connectivity index (χ3n) is 4.31. The summed E-state index contributed by atoms with van der Waals surface area (Å²) in [6.07, 6.45) is 0. The lowest BCUT2D eigenvalue weighted by Crippen LogP contribution is -2.51. The molecule has 0 saturated carbocycles. The van der Waals surface area contributed by atoms with E-state index in [0.29, 0.717) is 12.1 Å². The Morgan fingerprint density at radius 1 is 1.26 bits per heavy atom. The van der Waals surface area contributed by atoms with E-state index >= 15 is 0 Å². The zero-order valence-corrected chi connectivity index (χ0v) is 12.7. The highest BCUT2D eigenvalue weighted by molar-refractivity contribution is 5.24. The monoisotopic (exact) mass is 261 g/mol. The molecule has 0 bridgehead atoms. The lowest BCUT2D eigenvalue weighted by molar-refractivity contribution is 0.0977. The summed E-state index contributed by atoms with van der Waals surface area (Å²) in [6.45, 7) is 9.06. The summed E-state index contributed by atoms with van der Waals surface area (Å²) >= 11 is 0. The Bertz CT molecular complexity index is 387. The molecule has 1 heterocycles. The van der Waals surface area contributed by atoms with Crippen LogP contribution in [-0.2, 0) is 0 Å². The maximum absolute atomic E-state index is 3.46. The van der Waals surface area contributed by atoms with E-state index in [1.165, 1.54) is 30.8 Å². The maximum Gasteiger partial charge on any atom is 0.0446 e. The lowest BCUT2D eigenvalue weighted by Gasteiger charge is -2.39. The van der Waals surface area contributed by atoms with Crippen LogP contribution in [0.15, 0.2) is 24.3 Å². The number of likely N-dealkylation sites (N-methyl/N-ethyl adjacent to an activating group) is 2. The van der Waals surface area contributed by atoms with E-state index < -0.39 is 0 Å². The summed E-state index contributed by atoms with van der Waals surface area (Å²) in [7, 11) is 4.28. The standard InChI is InChI=1S/C16H27N3/c1-13-5-7-15(8-6-13)16(17-3)12-19-10-9-18(4)14(2)11-19/h5-8,14,16-17H,9-12H2,1-4H3. The van der Waals surface area contributed by atoms with Gasteiger partial charge in [0.15, 0.2) is 0 Å². The smallest absolute Gasteiger partial charge is 0.0446 e. The highest BCUT2D eigenvalue weighted by Crippen LogP contribution is 2.17. The zero-order valence-electron chi connectivity index (χ0n) is 12.7. The van der Waals surface area contributed by atoms with Crippen LogP contribution in [0.1, 0.15) is 24.1 Å². The molecule has 2 atom stereocenters. The molecule has 1 aliphatic heterocycles. The molecule has 0 spiro atoms. The Balaban J connectivity index is 1.97. The van der Waals surface area contributed by atoms with Gasteiger partial charge in [-0.25, -0.2) is 0 Å². The van der Waals surface area contributed by atoms with Crippen molar-refractivity contribution in [2.45, 2.75) is 25.9 Å². The van der Waals surface area contributed by atoms with E-state index in [9.17, 15) is 0 Å². The zero-order chi connectivity index (χ0) is 13.8. The molecule has 1 N–H and O–H groups in total. The van der Waals surface area contributed by atoms with Gasteiger partial charge in [-0.3, -0.25) is 4.90 Å². The molecule has 106 valence electrons. The first-order valence-corrected chi connectivity index (χ1v) is 7.26. The van der Waals surface area contributed by atoms with Crippen LogP contribution in [0.4, 0.5) is 0 Å². The summed E-state index contributed by atoms with van der Waals surface area (Å²) in [5.41, 5.74) is 2.71. The molecule has 0 radical (unpaired) electrons. The third kappa shape index (κ3) is 3.78. The van der Waals surface area contributed by atoms with Gasteiger partial charge < -0.3 is 10.2 Å². The normalized spacial score (nSPS) is 23.5. The van der Waals surface area contributed by atoms with Crippen molar-refractivity contribution in [3.8, 4) is 0 Å². The molecule has 2 unspecified atom stereocenters. The second kappa shape index (κ2) is 6.51. The van der Waals surface area contributed by atoms with Gasteiger partial charge in [0, 0.05) is 38.3 Å². The topological polar surface area (TPSA) is 18.5 Å². The summed E-state index contributed by atoms with van der Waals surface area (Å²) in [5, 5.41) is 3.46. The summed E-state index contributed by atoms with van der Waals surface area (Å²) in [6, 6.07) is 9.98. The highest BCUT2D eigenvalue weighted by Gasteiger charge is 2.22. The molecule has 1 aromatic rings. The molecule has 0 amide bonds. The summed E-state index contributed by atoms with van der Waals surface area (Å²) < 4.78 is 0. The molecule has 1 fully saturated rings. The number of rotatable bonds is 4. The van der Waals surface area contributed by atoms with Crippen LogP contribution in [0.25, 0.3) is 0 Å². The van der Waals surface area contributed by atoms with Gasteiger partial charge in [-0.1, -0.05) is 29.8 Å². The van der Waals surface area contributed by atoms with E-state index in [0.717, 1.165) is 6.54 Å². The SMILES string of the molecule is CNC(CN1CCN(C)C(C)C1)c1ccc(C)cc1. The van der Waals surface area contributed by atoms with Gasteiger partial charge in [-0.15, -0.1) is 0 Å². The van der Waals surface area contributed by atoms with Crippen molar-refractivity contribution in [2.75, 3.05) is 40.3 Å². The molecule has 1 saturated heterocycles.